The van der Waals surface area contributed by atoms with Crippen LogP contribution in [0.2, 0.25) is 0 Å². The van der Waals surface area contributed by atoms with Gasteiger partial charge in [0, 0.05) is 38.2 Å². The number of carbonyl (C=O) groups is 3. The SMILES string of the molecule is C=C(C)C(=O)N[C@H](COCc1ccccc1)C(=O)N1CCCC2(C1)C(=O)N(C)CC2c1ccc(F)cc1. The van der Waals surface area contributed by atoms with Gasteiger partial charge in [-0.25, -0.2) is 4.39 Å². The predicted molar refractivity (Wildman–Crippen MR) is 138 cm³/mol. The third-order valence-electron chi connectivity index (χ3n) is 7.39. The highest BCUT2D eigenvalue weighted by atomic mass is 19.1. The number of carbonyl (C=O) groups excluding carboxylic acids is 3. The number of hydrogen-bond acceptors (Lipinski definition) is 4. The van der Waals surface area contributed by atoms with E-state index in [9.17, 15) is 18.8 Å². The molecule has 7 nitrogen and oxygen atoms in total. The van der Waals surface area contributed by atoms with Crippen molar-refractivity contribution in [3.63, 3.8) is 0 Å². The van der Waals surface area contributed by atoms with Crippen molar-refractivity contribution in [2.45, 2.75) is 38.3 Å². The van der Waals surface area contributed by atoms with Crippen LogP contribution in [-0.2, 0) is 25.7 Å². The van der Waals surface area contributed by atoms with Crippen molar-refractivity contribution < 1.29 is 23.5 Å². The standard InChI is InChI=1S/C29H34FN3O4/c1-20(2)26(34)31-25(18-37-17-21-8-5-4-6-9-21)27(35)33-15-7-14-29(19-33)24(16-32(3)28(29)36)22-10-12-23(30)13-11-22/h4-6,8-13,24-25H,1,7,14-19H2,2-3H3,(H,31,34)/t24?,25-,29?/m1/s1. The van der Waals surface area contributed by atoms with E-state index in [-0.39, 0.29) is 36.7 Å². The molecule has 2 unspecified atom stereocenters. The molecule has 2 aromatic rings. The Kier molecular flexibility index (Phi) is 8.07. The molecule has 4 rings (SSSR count). The number of likely N-dealkylation sites (N-methyl/N-ethyl adjacent to an activating group) is 1. The van der Waals surface area contributed by atoms with E-state index >= 15 is 0 Å². The third-order valence-corrected chi connectivity index (χ3v) is 7.39. The molecule has 3 amide bonds. The highest BCUT2D eigenvalue weighted by Gasteiger charge is 2.55. The van der Waals surface area contributed by atoms with E-state index in [0.717, 1.165) is 11.1 Å². The molecule has 1 spiro atoms. The van der Waals surface area contributed by atoms with Crippen molar-refractivity contribution in [3.05, 3.63) is 83.7 Å². The van der Waals surface area contributed by atoms with Crippen molar-refractivity contribution in [1.29, 1.82) is 0 Å². The Hall–Kier alpha value is -3.52. The number of piperidine rings is 1. The number of rotatable bonds is 8. The topological polar surface area (TPSA) is 79.0 Å². The lowest BCUT2D eigenvalue weighted by molar-refractivity contribution is -0.146. The molecule has 0 aromatic heterocycles. The van der Waals surface area contributed by atoms with Gasteiger partial charge < -0.3 is 19.9 Å². The van der Waals surface area contributed by atoms with E-state index in [1.807, 2.05) is 30.3 Å². The van der Waals surface area contributed by atoms with Gasteiger partial charge in [-0.05, 0) is 43.0 Å². The average Bonchev–Trinajstić information content (AvgIpc) is 3.13. The molecule has 2 aliphatic rings. The summed E-state index contributed by atoms with van der Waals surface area (Å²) in [4.78, 5) is 43.0. The Morgan fingerprint density at radius 1 is 1.19 bits per heavy atom. The summed E-state index contributed by atoms with van der Waals surface area (Å²) in [6, 6.07) is 14.9. The lowest BCUT2D eigenvalue weighted by Crippen LogP contribution is -2.57. The van der Waals surface area contributed by atoms with Crippen LogP contribution in [0, 0.1) is 11.2 Å². The number of amides is 3. The van der Waals surface area contributed by atoms with E-state index in [0.29, 0.717) is 38.1 Å². The number of halogens is 1. The van der Waals surface area contributed by atoms with Gasteiger partial charge >= 0.3 is 0 Å². The smallest absolute Gasteiger partial charge is 0.247 e. The summed E-state index contributed by atoms with van der Waals surface area (Å²) in [5.74, 6) is -1.22. The molecule has 2 aromatic carbocycles. The van der Waals surface area contributed by atoms with Crippen LogP contribution in [0.4, 0.5) is 4.39 Å². The zero-order valence-electron chi connectivity index (χ0n) is 21.4. The fourth-order valence-electron chi connectivity index (χ4n) is 5.46. The molecule has 37 heavy (non-hydrogen) atoms. The van der Waals surface area contributed by atoms with Gasteiger partial charge in [-0.15, -0.1) is 0 Å². The highest BCUT2D eigenvalue weighted by molar-refractivity contribution is 5.96. The van der Waals surface area contributed by atoms with Crippen LogP contribution in [0.5, 0.6) is 0 Å². The van der Waals surface area contributed by atoms with Gasteiger partial charge in [0.15, 0.2) is 0 Å². The van der Waals surface area contributed by atoms with Crippen LogP contribution in [0.15, 0.2) is 66.7 Å². The number of likely N-dealkylation sites (tertiary alicyclic amines) is 2. The van der Waals surface area contributed by atoms with E-state index in [1.165, 1.54) is 12.1 Å². The average molecular weight is 508 g/mol. The fourth-order valence-corrected chi connectivity index (χ4v) is 5.46. The number of nitrogens with one attached hydrogen (secondary N) is 1. The summed E-state index contributed by atoms with van der Waals surface area (Å²) in [5, 5.41) is 2.76. The minimum atomic E-state index is -0.915. The molecule has 2 saturated heterocycles. The van der Waals surface area contributed by atoms with Crippen molar-refractivity contribution >= 4 is 17.7 Å². The number of benzene rings is 2. The van der Waals surface area contributed by atoms with Gasteiger partial charge in [0.05, 0.1) is 18.6 Å². The van der Waals surface area contributed by atoms with Gasteiger partial charge in [0.2, 0.25) is 17.7 Å². The zero-order valence-corrected chi connectivity index (χ0v) is 21.4. The molecule has 2 heterocycles. The summed E-state index contributed by atoms with van der Waals surface area (Å²) in [5.41, 5.74) is 1.33. The maximum absolute atomic E-state index is 13.7. The number of ether oxygens (including phenoxy) is 1. The molecule has 2 aliphatic heterocycles. The Morgan fingerprint density at radius 3 is 2.57 bits per heavy atom. The molecule has 0 saturated carbocycles. The first-order valence-corrected chi connectivity index (χ1v) is 12.6. The minimum absolute atomic E-state index is 0.00844. The normalized spacial score (nSPS) is 22.2. The van der Waals surface area contributed by atoms with Crippen LogP contribution in [0.3, 0.4) is 0 Å². The summed E-state index contributed by atoms with van der Waals surface area (Å²) < 4.78 is 19.4. The molecule has 0 bridgehead atoms. The Bertz CT molecular complexity index is 1150. The highest BCUT2D eigenvalue weighted by Crippen LogP contribution is 2.49. The van der Waals surface area contributed by atoms with Crippen molar-refractivity contribution in [1.82, 2.24) is 15.1 Å². The van der Waals surface area contributed by atoms with Crippen LogP contribution in [-0.4, -0.2) is 66.9 Å². The van der Waals surface area contributed by atoms with Crippen LogP contribution < -0.4 is 5.32 Å². The summed E-state index contributed by atoms with van der Waals surface area (Å²) >= 11 is 0. The largest absolute Gasteiger partial charge is 0.374 e. The molecular formula is C29H34FN3O4. The second-order valence-electron chi connectivity index (χ2n) is 10.1. The fraction of sp³-hybridized carbons (Fsp3) is 0.414. The quantitative estimate of drug-likeness (QED) is 0.557. The Balaban J connectivity index is 1.54. The second kappa shape index (κ2) is 11.3. The van der Waals surface area contributed by atoms with Gasteiger partial charge in [-0.2, -0.15) is 0 Å². The van der Waals surface area contributed by atoms with Gasteiger partial charge in [0.25, 0.3) is 0 Å². The van der Waals surface area contributed by atoms with E-state index in [2.05, 4.69) is 11.9 Å². The first-order chi connectivity index (χ1) is 17.7. The Labute approximate surface area is 217 Å². The minimum Gasteiger partial charge on any atom is -0.374 e. The van der Waals surface area contributed by atoms with E-state index in [4.69, 9.17) is 4.74 Å². The maximum Gasteiger partial charge on any atom is 0.247 e. The maximum atomic E-state index is 13.7. The van der Waals surface area contributed by atoms with Crippen LogP contribution in [0.1, 0.15) is 36.8 Å². The second-order valence-corrected chi connectivity index (χ2v) is 10.1. The lowest BCUT2D eigenvalue weighted by Gasteiger charge is -2.43. The van der Waals surface area contributed by atoms with Gasteiger partial charge in [0.1, 0.15) is 11.9 Å². The van der Waals surface area contributed by atoms with Crippen molar-refractivity contribution in [3.8, 4) is 0 Å². The number of hydrogen-bond donors (Lipinski definition) is 1. The molecular weight excluding hydrogens is 473 g/mol. The van der Waals surface area contributed by atoms with Gasteiger partial charge in [-0.1, -0.05) is 49.0 Å². The predicted octanol–water partition coefficient (Wildman–Crippen LogP) is 3.27. The van der Waals surface area contributed by atoms with Crippen LogP contribution >= 0.6 is 0 Å². The number of nitrogens with zero attached hydrogens (tertiary/aromatic N) is 2. The molecule has 2 fully saturated rings. The lowest BCUT2D eigenvalue weighted by atomic mass is 9.69. The summed E-state index contributed by atoms with van der Waals surface area (Å²) in [7, 11) is 1.77. The molecule has 1 N–H and O–H groups in total. The zero-order chi connectivity index (χ0) is 26.6. The summed E-state index contributed by atoms with van der Waals surface area (Å²) in [6.45, 7) is 6.76. The molecule has 196 valence electrons. The van der Waals surface area contributed by atoms with E-state index < -0.39 is 17.4 Å². The monoisotopic (exact) mass is 507 g/mol. The summed E-state index contributed by atoms with van der Waals surface area (Å²) in [6.07, 6.45) is 1.28. The molecule has 8 heteroatoms. The first kappa shape index (κ1) is 26.5. The molecule has 0 aliphatic carbocycles. The molecule has 3 atom stereocenters. The Morgan fingerprint density at radius 2 is 1.89 bits per heavy atom. The first-order valence-electron chi connectivity index (χ1n) is 12.6. The van der Waals surface area contributed by atoms with Crippen molar-refractivity contribution in [2.24, 2.45) is 5.41 Å². The van der Waals surface area contributed by atoms with Crippen molar-refractivity contribution in [2.75, 3.05) is 33.3 Å². The van der Waals surface area contributed by atoms with E-state index in [1.54, 1.807) is 35.9 Å². The third kappa shape index (κ3) is 5.74. The molecule has 0 radical (unpaired) electrons. The van der Waals surface area contributed by atoms with Crippen LogP contribution in [0.25, 0.3) is 0 Å². The van der Waals surface area contributed by atoms with Gasteiger partial charge in [-0.3, -0.25) is 14.4 Å².